The van der Waals surface area contributed by atoms with Crippen molar-refractivity contribution in [2.24, 2.45) is 5.92 Å². The zero-order chi connectivity index (χ0) is 14.9. The van der Waals surface area contributed by atoms with Gasteiger partial charge >= 0.3 is 0 Å². The first-order chi connectivity index (χ1) is 10.8. The third-order valence-corrected chi connectivity index (χ3v) is 4.26. The molecule has 1 aliphatic carbocycles. The van der Waals surface area contributed by atoms with Crippen LogP contribution in [0.3, 0.4) is 0 Å². The van der Waals surface area contributed by atoms with Crippen molar-refractivity contribution in [1.82, 2.24) is 14.6 Å². The summed E-state index contributed by atoms with van der Waals surface area (Å²) in [5.74, 6) is 2.72. The zero-order valence-electron chi connectivity index (χ0n) is 12.7. The van der Waals surface area contributed by atoms with Gasteiger partial charge in [0.2, 0.25) is 0 Å². The van der Waals surface area contributed by atoms with E-state index in [-0.39, 0.29) is 0 Å². The summed E-state index contributed by atoms with van der Waals surface area (Å²) >= 11 is 0. The van der Waals surface area contributed by atoms with Gasteiger partial charge in [-0.2, -0.15) is 5.10 Å². The van der Waals surface area contributed by atoms with Crippen LogP contribution in [0.1, 0.15) is 25.1 Å². The minimum absolute atomic E-state index is 0.861. The van der Waals surface area contributed by atoms with E-state index in [2.05, 4.69) is 23.2 Å². The summed E-state index contributed by atoms with van der Waals surface area (Å²) in [7, 11) is 1.68. The van der Waals surface area contributed by atoms with Gasteiger partial charge in [0.15, 0.2) is 11.5 Å². The number of ether oxygens (including phenoxy) is 1. The van der Waals surface area contributed by atoms with Crippen LogP contribution in [0.15, 0.2) is 42.5 Å². The van der Waals surface area contributed by atoms with Gasteiger partial charge in [-0.3, -0.25) is 0 Å². The Balaban J connectivity index is 1.69. The molecule has 0 radical (unpaired) electrons. The highest BCUT2D eigenvalue weighted by atomic mass is 16.5. The van der Waals surface area contributed by atoms with E-state index >= 15 is 0 Å². The van der Waals surface area contributed by atoms with Crippen LogP contribution < -0.4 is 4.74 Å². The van der Waals surface area contributed by atoms with Crippen molar-refractivity contribution in [3.8, 4) is 17.0 Å². The first-order valence-corrected chi connectivity index (χ1v) is 7.82. The molecular weight excluding hydrogens is 274 g/mol. The van der Waals surface area contributed by atoms with E-state index in [0.29, 0.717) is 0 Å². The summed E-state index contributed by atoms with van der Waals surface area (Å²) in [6, 6.07) is 14.2. The molecule has 0 amide bonds. The highest BCUT2D eigenvalue weighted by Gasteiger charge is 2.21. The SMILES string of the molecule is COc1ccc(-c2cccc3nc(CCC4CC4)nn23)cc1. The lowest BCUT2D eigenvalue weighted by Crippen LogP contribution is -1.95. The van der Waals surface area contributed by atoms with Gasteiger partial charge in [0, 0.05) is 12.0 Å². The highest BCUT2D eigenvalue weighted by molar-refractivity contribution is 5.63. The highest BCUT2D eigenvalue weighted by Crippen LogP contribution is 2.33. The minimum atomic E-state index is 0.861. The van der Waals surface area contributed by atoms with Crippen molar-refractivity contribution >= 4 is 5.65 Å². The maximum absolute atomic E-state index is 5.22. The van der Waals surface area contributed by atoms with E-state index in [1.807, 2.05) is 28.8 Å². The molecule has 2 aromatic heterocycles. The summed E-state index contributed by atoms with van der Waals surface area (Å²) in [4.78, 5) is 4.66. The first-order valence-electron chi connectivity index (χ1n) is 7.82. The van der Waals surface area contributed by atoms with E-state index < -0.39 is 0 Å². The van der Waals surface area contributed by atoms with Crippen molar-refractivity contribution in [3.63, 3.8) is 0 Å². The fourth-order valence-electron chi connectivity index (χ4n) is 2.78. The Bertz CT molecular complexity index is 788. The van der Waals surface area contributed by atoms with Gasteiger partial charge < -0.3 is 4.74 Å². The zero-order valence-corrected chi connectivity index (χ0v) is 12.7. The van der Waals surface area contributed by atoms with Crippen molar-refractivity contribution in [3.05, 3.63) is 48.3 Å². The van der Waals surface area contributed by atoms with Crippen LogP contribution in [0.4, 0.5) is 0 Å². The lowest BCUT2D eigenvalue weighted by molar-refractivity contribution is 0.415. The number of rotatable bonds is 5. The van der Waals surface area contributed by atoms with E-state index in [0.717, 1.165) is 40.8 Å². The molecule has 0 saturated heterocycles. The summed E-state index contributed by atoms with van der Waals surface area (Å²) in [5, 5.41) is 4.71. The normalized spacial score (nSPS) is 14.4. The van der Waals surface area contributed by atoms with Crippen LogP contribution in [0, 0.1) is 5.92 Å². The van der Waals surface area contributed by atoms with Gasteiger partial charge in [0.1, 0.15) is 5.75 Å². The van der Waals surface area contributed by atoms with Crippen LogP contribution in [-0.2, 0) is 6.42 Å². The Kier molecular flexibility index (Phi) is 3.29. The molecule has 4 heteroatoms. The van der Waals surface area contributed by atoms with Gasteiger partial charge in [0.05, 0.1) is 12.8 Å². The van der Waals surface area contributed by atoms with Crippen molar-refractivity contribution in [2.45, 2.75) is 25.7 Å². The molecule has 4 nitrogen and oxygen atoms in total. The fraction of sp³-hybridized carbons (Fsp3) is 0.333. The summed E-state index contributed by atoms with van der Waals surface area (Å²) < 4.78 is 7.17. The predicted molar refractivity (Wildman–Crippen MR) is 86.0 cm³/mol. The Hall–Kier alpha value is -2.36. The van der Waals surface area contributed by atoms with Crippen molar-refractivity contribution < 1.29 is 4.74 Å². The number of nitrogens with zero attached hydrogens (tertiary/aromatic N) is 3. The molecular formula is C18H19N3O. The molecule has 1 aromatic carbocycles. The topological polar surface area (TPSA) is 39.4 Å². The number of pyridine rings is 1. The molecule has 3 aromatic rings. The second kappa shape index (κ2) is 5.44. The molecule has 1 aliphatic rings. The standard InChI is InChI=1S/C18H19N3O/c1-22-15-10-8-14(9-11-15)16-3-2-4-18-19-17(20-21(16)18)12-7-13-5-6-13/h2-4,8-11,13H,5-7,12H2,1H3. The largest absolute Gasteiger partial charge is 0.497 e. The van der Waals surface area contributed by atoms with Gasteiger partial charge in [-0.05, 0) is 48.7 Å². The van der Waals surface area contributed by atoms with E-state index in [4.69, 9.17) is 9.84 Å². The number of hydrogen-bond donors (Lipinski definition) is 0. The lowest BCUT2D eigenvalue weighted by Gasteiger charge is -2.05. The number of aryl methyl sites for hydroxylation is 1. The maximum atomic E-state index is 5.22. The predicted octanol–water partition coefficient (Wildman–Crippen LogP) is 3.75. The minimum Gasteiger partial charge on any atom is -0.497 e. The quantitative estimate of drug-likeness (QED) is 0.719. The molecule has 0 unspecified atom stereocenters. The fourth-order valence-corrected chi connectivity index (χ4v) is 2.78. The van der Waals surface area contributed by atoms with Crippen LogP contribution in [0.25, 0.3) is 16.9 Å². The average molecular weight is 293 g/mol. The number of benzene rings is 1. The summed E-state index contributed by atoms with van der Waals surface area (Å²) in [6.45, 7) is 0. The van der Waals surface area contributed by atoms with Crippen LogP contribution in [0.5, 0.6) is 5.75 Å². The molecule has 112 valence electrons. The van der Waals surface area contributed by atoms with Crippen LogP contribution >= 0.6 is 0 Å². The number of hydrogen-bond acceptors (Lipinski definition) is 3. The van der Waals surface area contributed by atoms with E-state index in [9.17, 15) is 0 Å². The Morgan fingerprint density at radius 3 is 2.68 bits per heavy atom. The maximum Gasteiger partial charge on any atom is 0.156 e. The van der Waals surface area contributed by atoms with E-state index in [1.54, 1.807) is 7.11 Å². The number of aromatic nitrogens is 3. The van der Waals surface area contributed by atoms with Crippen molar-refractivity contribution in [2.75, 3.05) is 7.11 Å². The monoisotopic (exact) mass is 293 g/mol. The molecule has 0 bridgehead atoms. The molecule has 1 fully saturated rings. The number of methoxy groups -OCH3 is 1. The second-order valence-corrected chi connectivity index (χ2v) is 5.92. The van der Waals surface area contributed by atoms with Gasteiger partial charge in [-0.15, -0.1) is 0 Å². The van der Waals surface area contributed by atoms with Crippen LogP contribution in [0.2, 0.25) is 0 Å². The first kappa shape index (κ1) is 13.3. The molecule has 4 rings (SSSR count). The van der Waals surface area contributed by atoms with Gasteiger partial charge in [-0.25, -0.2) is 9.50 Å². The molecule has 2 heterocycles. The molecule has 22 heavy (non-hydrogen) atoms. The lowest BCUT2D eigenvalue weighted by atomic mass is 10.1. The van der Waals surface area contributed by atoms with Gasteiger partial charge in [-0.1, -0.05) is 18.9 Å². The summed E-state index contributed by atoms with van der Waals surface area (Å²) in [6.07, 6.45) is 4.96. The third kappa shape index (κ3) is 2.56. The molecule has 0 spiro atoms. The van der Waals surface area contributed by atoms with E-state index in [1.165, 1.54) is 19.3 Å². The smallest absolute Gasteiger partial charge is 0.156 e. The second-order valence-electron chi connectivity index (χ2n) is 5.92. The Morgan fingerprint density at radius 2 is 1.95 bits per heavy atom. The average Bonchev–Trinajstić information content (AvgIpc) is 3.30. The molecule has 0 atom stereocenters. The van der Waals surface area contributed by atoms with Gasteiger partial charge in [0.25, 0.3) is 0 Å². The molecule has 0 aliphatic heterocycles. The number of fused-ring (bicyclic) bond motifs is 1. The Morgan fingerprint density at radius 1 is 1.14 bits per heavy atom. The van der Waals surface area contributed by atoms with Crippen LogP contribution in [-0.4, -0.2) is 21.7 Å². The third-order valence-electron chi connectivity index (χ3n) is 4.26. The molecule has 0 N–H and O–H groups in total. The molecule has 1 saturated carbocycles. The van der Waals surface area contributed by atoms with Crippen molar-refractivity contribution in [1.29, 1.82) is 0 Å². The Labute approximate surface area is 129 Å². The summed E-state index contributed by atoms with van der Waals surface area (Å²) in [5.41, 5.74) is 3.09.